The molecule has 0 fully saturated rings. The monoisotopic (exact) mass is 327 g/mol. The SMILES string of the molecule is COc1ccc(Br)cc1CN(C)C(=O)CCC(C)=O. The first kappa shape index (κ1) is 15.7. The van der Waals surface area contributed by atoms with Crippen molar-refractivity contribution in [3.8, 4) is 5.75 Å². The summed E-state index contributed by atoms with van der Waals surface area (Å²) in [5.41, 5.74) is 0.926. The third-order valence-corrected chi connectivity index (χ3v) is 3.26. The van der Waals surface area contributed by atoms with E-state index in [0.717, 1.165) is 15.8 Å². The zero-order valence-electron chi connectivity index (χ0n) is 11.4. The molecule has 0 saturated heterocycles. The lowest BCUT2D eigenvalue weighted by atomic mass is 10.1. The maximum Gasteiger partial charge on any atom is 0.223 e. The van der Waals surface area contributed by atoms with Crippen molar-refractivity contribution in [2.75, 3.05) is 14.2 Å². The molecule has 0 aromatic heterocycles. The fourth-order valence-electron chi connectivity index (χ4n) is 1.69. The molecule has 4 nitrogen and oxygen atoms in total. The van der Waals surface area contributed by atoms with Crippen molar-refractivity contribution < 1.29 is 14.3 Å². The molecule has 0 spiro atoms. The van der Waals surface area contributed by atoms with E-state index in [-0.39, 0.29) is 18.1 Å². The fraction of sp³-hybridized carbons (Fsp3) is 0.429. The first-order chi connectivity index (χ1) is 8.93. The van der Waals surface area contributed by atoms with Crippen LogP contribution in [0.3, 0.4) is 0 Å². The molecule has 0 N–H and O–H groups in total. The summed E-state index contributed by atoms with van der Waals surface area (Å²) in [5, 5.41) is 0. The first-order valence-corrected chi connectivity index (χ1v) is 6.79. The summed E-state index contributed by atoms with van der Waals surface area (Å²) >= 11 is 3.40. The van der Waals surface area contributed by atoms with E-state index in [1.54, 1.807) is 19.1 Å². The van der Waals surface area contributed by atoms with Gasteiger partial charge in [-0.15, -0.1) is 0 Å². The van der Waals surface area contributed by atoms with E-state index >= 15 is 0 Å². The van der Waals surface area contributed by atoms with Gasteiger partial charge in [-0.2, -0.15) is 0 Å². The van der Waals surface area contributed by atoms with E-state index in [1.165, 1.54) is 6.92 Å². The van der Waals surface area contributed by atoms with Crippen molar-refractivity contribution in [2.24, 2.45) is 0 Å². The number of rotatable bonds is 6. The van der Waals surface area contributed by atoms with Crippen LogP contribution in [0.4, 0.5) is 0 Å². The fourth-order valence-corrected chi connectivity index (χ4v) is 2.10. The Balaban J connectivity index is 2.70. The molecule has 0 aliphatic heterocycles. The number of Topliss-reactive ketones (excluding diaryl/α,β-unsaturated/α-hetero) is 1. The number of halogens is 1. The molecule has 0 heterocycles. The summed E-state index contributed by atoms with van der Waals surface area (Å²) in [6.07, 6.45) is 0.543. The number of carbonyl (C=O) groups is 2. The molecule has 0 atom stereocenters. The summed E-state index contributed by atoms with van der Waals surface area (Å²) in [7, 11) is 3.33. The van der Waals surface area contributed by atoms with E-state index in [1.807, 2.05) is 18.2 Å². The van der Waals surface area contributed by atoms with Crippen LogP contribution in [0.2, 0.25) is 0 Å². The molecule has 19 heavy (non-hydrogen) atoms. The highest BCUT2D eigenvalue weighted by Gasteiger charge is 2.13. The largest absolute Gasteiger partial charge is 0.496 e. The minimum absolute atomic E-state index is 0.0294. The summed E-state index contributed by atoms with van der Waals surface area (Å²) in [4.78, 5) is 24.3. The van der Waals surface area contributed by atoms with Crippen LogP contribution in [0.5, 0.6) is 5.75 Å². The Morgan fingerprint density at radius 2 is 2.00 bits per heavy atom. The second kappa shape index (κ2) is 7.28. The Labute approximate surface area is 121 Å². The number of hydrogen-bond donors (Lipinski definition) is 0. The van der Waals surface area contributed by atoms with Crippen LogP contribution in [-0.4, -0.2) is 30.7 Å². The molecule has 0 bridgehead atoms. The Kier molecular flexibility index (Phi) is 6.02. The molecule has 1 aromatic carbocycles. The number of ether oxygens (including phenoxy) is 1. The molecular formula is C14H18BrNO3. The number of nitrogens with zero attached hydrogens (tertiary/aromatic N) is 1. The van der Waals surface area contributed by atoms with Gasteiger partial charge in [0.05, 0.1) is 7.11 Å². The molecule has 1 aromatic rings. The highest BCUT2D eigenvalue weighted by molar-refractivity contribution is 9.10. The lowest BCUT2D eigenvalue weighted by molar-refractivity contribution is -0.132. The van der Waals surface area contributed by atoms with Gasteiger partial charge in [0, 0.05) is 36.5 Å². The van der Waals surface area contributed by atoms with Gasteiger partial charge in [0.25, 0.3) is 0 Å². The Hall–Kier alpha value is -1.36. The standard InChI is InChI=1S/C14H18BrNO3/c1-10(17)4-7-14(18)16(2)9-11-8-12(15)5-6-13(11)19-3/h5-6,8H,4,7,9H2,1-3H3. The van der Waals surface area contributed by atoms with E-state index < -0.39 is 0 Å². The minimum Gasteiger partial charge on any atom is -0.496 e. The van der Waals surface area contributed by atoms with Crippen LogP contribution < -0.4 is 4.74 Å². The molecule has 104 valence electrons. The van der Waals surface area contributed by atoms with Gasteiger partial charge >= 0.3 is 0 Å². The summed E-state index contributed by atoms with van der Waals surface area (Å²) in [5.74, 6) is 0.730. The van der Waals surface area contributed by atoms with Crippen molar-refractivity contribution >= 4 is 27.6 Å². The third-order valence-electron chi connectivity index (χ3n) is 2.77. The van der Waals surface area contributed by atoms with Gasteiger partial charge in [-0.25, -0.2) is 0 Å². The maximum atomic E-state index is 11.9. The molecule has 0 aliphatic rings. The molecule has 1 rings (SSSR count). The van der Waals surface area contributed by atoms with Gasteiger partial charge in [0.15, 0.2) is 0 Å². The molecule has 0 aliphatic carbocycles. The molecular weight excluding hydrogens is 310 g/mol. The maximum absolute atomic E-state index is 11.9. The number of hydrogen-bond acceptors (Lipinski definition) is 3. The predicted octanol–water partition coefficient (Wildman–Crippen LogP) is 2.79. The van der Waals surface area contributed by atoms with Gasteiger partial charge in [-0.3, -0.25) is 4.79 Å². The van der Waals surface area contributed by atoms with Gasteiger partial charge in [0.2, 0.25) is 5.91 Å². The van der Waals surface area contributed by atoms with Crippen LogP contribution in [0.15, 0.2) is 22.7 Å². The number of benzene rings is 1. The van der Waals surface area contributed by atoms with Crippen LogP contribution in [-0.2, 0) is 16.1 Å². The topological polar surface area (TPSA) is 46.6 Å². The second-order valence-electron chi connectivity index (χ2n) is 4.41. The van der Waals surface area contributed by atoms with Crippen molar-refractivity contribution in [1.29, 1.82) is 0 Å². The zero-order valence-corrected chi connectivity index (χ0v) is 13.0. The predicted molar refractivity (Wildman–Crippen MR) is 77.1 cm³/mol. The van der Waals surface area contributed by atoms with Crippen LogP contribution in [0, 0.1) is 0 Å². The highest BCUT2D eigenvalue weighted by Crippen LogP contribution is 2.24. The van der Waals surface area contributed by atoms with Crippen LogP contribution in [0.1, 0.15) is 25.3 Å². The number of ketones is 1. The van der Waals surface area contributed by atoms with E-state index in [0.29, 0.717) is 13.0 Å². The zero-order chi connectivity index (χ0) is 14.4. The third kappa shape index (κ3) is 5.03. The quantitative estimate of drug-likeness (QED) is 0.807. The van der Waals surface area contributed by atoms with E-state index in [2.05, 4.69) is 15.9 Å². The van der Waals surface area contributed by atoms with Gasteiger partial charge in [0.1, 0.15) is 11.5 Å². The second-order valence-corrected chi connectivity index (χ2v) is 5.32. The van der Waals surface area contributed by atoms with E-state index in [9.17, 15) is 9.59 Å². The van der Waals surface area contributed by atoms with Gasteiger partial charge < -0.3 is 14.4 Å². The molecule has 0 saturated carbocycles. The smallest absolute Gasteiger partial charge is 0.223 e. The average Bonchev–Trinajstić information content (AvgIpc) is 2.36. The van der Waals surface area contributed by atoms with Crippen molar-refractivity contribution in [3.63, 3.8) is 0 Å². The number of carbonyl (C=O) groups excluding carboxylic acids is 2. The molecule has 0 radical (unpaired) electrons. The Morgan fingerprint density at radius 1 is 1.32 bits per heavy atom. The number of amides is 1. The van der Waals surface area contributed by atoms with Crippen molar-refractivity contribution in [2.45, 2.75) is 26.3 Å². The van der Waals surface area contributed by atoms with E-state index in [4.69, 9.17) is 4.74 Å². The normalized spacial score (nSPS) is 10.1. The summed E-state index contributed by atoms with van der Waals surface area (Å²) in [6.45, 7) is 1.95. The Bertz CT molecular complexity index is 474. The summed E-state index contributed by atoms with van der Waals surface area (Å²) in [6, 6.07) is 5.67. The number of methoxy groups -OCH3 is 1. The molecule has 5 heteroatoms. The first-order valence-electron chi connectivity index (χ1n) is 6.00. The lowest BCUT2D eigenvalue weighted by Gasteiger charge is -2.19. The van der Waals surface area contributed by atoms with Crippen molar-refractivity contribution in [1.82, 2.24) is 4.90 Å². The van der Waals surface area contributed by atoms with Crippen LogP contribution in [0.25, 0.3) is 0 Å². The molecule has 0 unspecified atom stereocenters. The average molecular weight is 328 g/mol. The van der Waals surface area contributed by atoms with Gasteiger partial charge in [-0.05, 0) is 25.1 Å². The Morgan fingerprint density at radius 3 is 2.58 bits per heavy atom. The highest BCUT2D eigenvalue weighted by atomic mass is 79.9. The summed E-state index contributed by atoms with van der Waals surface area (Å²) < 4.78 is 6.20. The van der Waals surface area contributed by atoms with Crippen molar-refractivity contribution in [3.05, 3.63) is 28.2 Å². The molecule has 1 amide bonds. The minimum atomic E-state index is -0.0442. The van der Waals surface area contributed by atoms with Gasteiger partial charge in [-0.1, -0.05) is 15.9 Å². The lowest BCUT2D eigenvalue weighted by Crippen LogP contribution is -2.26. The van der Waals surface area contributed by atoms with Crippen LogP contribution >= 0.6 is 15.9 Å².